The highest BCUT2D eigenvalue weighted by molar-refractivity contribution is 14.1. The number of carbonyl (C=O) groups is 1. The zero-order chi connectivity index (χ0) is 11.7. The Hall–Kier alpha value is -0.580. The van der Waals surface area contributed by atoms with E-state index in [2.05, 4.69) is 36.4 Å². The second kappa shape index (κ2) is 4.73. The summed E-state index contributed by atoms with van der Waals surface area (Å²) in [6.45, 7) is 6.22. The van der Waals surface area contributed by atoms with Gasteiger partial charge in [-0.25, -0.2) is 0 Å². The molecule has 0 saturated carbocycles. The van der Waals surface area contributed by atoms with Gasteiger partial charge in [-0.15, -0.1) is 0 Å². The minimum atomic E-state index is 0.174. The summed E-state index contributed by atoms with van der Waals surface area (Å²) >= 11 is 2.25. The molecule has 1 fully saturated rings. The number of benzene rings is 1. The Kier molecular flexibility index (Phi) is 3.52. The molecule has 3 heteroatoms. The first kappa shape index (κ1) is 11.9. The Morgan fingerprint density at radius 2 is 1.69 bits per heavy atom. The van der Waals surface area contributed by atoms with Gasteiger partial charge in [0.15, 0.2) is 0 Å². The second-order valence-corrected chi connectivity index (χ2v) is 5.92. The maximum absolute atomic E-state index is 12.2. The summed E-state index contributed by atoms with van der Waals surface area (Å²) in [6.07, 6.45) is 0. The quantitative estimate of drug-likeness (QED) is 0.726. The molecule has 86 valence electrons. The lowest BCUT2D eigenvalue weighted by Crippen LogP contribution is -2.28. The fourth-order valence-electron chi connectivity index (χ4n) is 2.07. The fourth-order valence-corrected chi connectivity index (χ4v) is 2.43. The molecule has 2 atom stereocenters. The number of hydrogen-bond donors (Lipinski definition) is 0. The molecule has 0 radical (unpaired) electrons. The first-order chi connectivity index (χ1) is 7.58. The monoisotopic (exact) mass is 329 g/mol. The molecular formula is C13H16INO. The Bertz CT molecular complexity index is 377. The van der Waals surface area contributed by atoms with Crippen molar-refractivity contribution in [2.75, 3.05) is 13.1 Å². The standard InChI is InChI=1S/C13H16INO/c1-9-7-15(8-10(9)2)13(16)11-3-5-12(14)6-4-11/h3-6,9-10H,7-8H2,1-2H3. The van der Waals surface area contributed by atoms with Gasteiger partial charge in [-0.1, -0.05) is 13.8 Å². The maximum atomic E-state index is 12.2. The fraction of sp³-hybridized carbons (Fsp3) is 0.462. The molecule has 2 nitrogen and oxygen atoms in total. The van der Waals surface area contributed by atoms with E-state index in [1.165, 1.54) is 0 Å². The molecule has 0 aliphatic carbocycles. The molecule has 1 aromatic rings. The van der Waals surface area contributed by atoms with Crippen molar-refractivity contribution in [2.24, 2.45) is 11.8 Å². The van der Waals surface area contributed by atoms with Gasteiger partial charge in [0.05, 0.1) is 0 Å². The van der Waals surface area contributed by atoms with Gasteiger partial charge in [0, 0.05) is 22.2 Å². The third-order valence-corrected chi connectivity index (χ3v) is 4.09. The van der Waals surface area contributed by atoms with Crippen LogP contribution in [0.25, 0.3) is 0 Å². The molecule has 0 aromatic heterocycles. The van der Waals surface area contributed by atoms with Gasteiger partial charge in [-0.05, 0) is 58.7 Å². The van der Waals surface area contributed by atoms with Crippen molar-refractivity contribution < 1.29 is 4.79 Å². The first-order valence-corrected chi connectivity index (χ1v) is 6.70. The van der Waals surface area contributed by atoms with Gasteiger partial charge in [0.2, 0.25) is 0 Å². The van der Waals surface area contributed by atoms with E-state index in [9.17, 15) is 4.79 Å². The number of hydrogen-bond acceptors (Lipinski definition) is 1. The number of amides is 1. The van der Waals surface area contributed by atoms with Crippen LogP contribution in [0.15, 0.2) is 24.3 Å². The average molecular weight is 329 g/mol. The highest BCUT2D eigenvalue weighted by atomic mass is 127. The van der Waals surface area contributed by atoms with E-state index in [0.29, 0.717) is 11.8 Å². The third kappa shape index (κ3) is 2.39. The topological polar surface area (TPSA) is 20.3 Å². The predicted octanol–water partition coefficient (Wildman–Crippen LogP) is 3.02. The summed E-state index contributed by atoms with van der Waals surface area (Å²) in [6, 6.07) is 7.79. The number of carbonyl (C=O) groups excluding carboxylic acids is 1. The molecule has 1 amide bonds. The summed E-state index contributed by atoms with van der Waals surface area (Å²) in [4.78, 5) is 14.1. The van der Waals surface area contributed by atoms with Crippen LogP contribution in [0.4, 0.5) is 0 Å². The Labute approximate surface area is 110 Å². The zero-order valence-electron chi connectivity index (χ0n) is 9.61. The minimum Gasteiger partial charge on any atom is -0.338 e. The summed E-state index contributed by atoms with van der Waals surface area (Å²) in [5.41, 5.74) is 0.807. The normalized spacial score (nSPS) is 24.8. The van der Waals surface area contributed by atoms with Gasteiger partial charge in [0.25, 0.3) is 5.91 Å². The number of likely N-dealkylation sites (tertiary alicyclic amines) is 1. The van der Waals surface area contributed by atoms with Crippen LogP contribution in [0.3, 0.4) is 0 Å². The Morgan fingerprint density at radius 1 is 1.19 bits per heavy atom. The van der Waals surface area contributed by atoms with Crippen LogP contribution in [-0.4, -0.2) is 23.9 Å². The lowest BCUT2D eigenvalue weighted by Gasteiger charge is -2.15. The largest absolute Gasteiger partial charge is 0.338 e. The Balaban J connectivity index is 2.11. The van der Waals surface area contributed by atoms with E-state index >= 15 is 0 Å². The van der Waals surface area contributed by atoms with Gasteiger partial charge in [-0.3, -0.25) is 4.79 Å². The maximum Gasteiger partial charge on any atom is 0.253 e. The summed E-state index contributed by atoms with van der Waals surface area (Å²) < 4.78 is 1.16. The van der Waals surface area contributed by atoms with Crippen molar-refractivity contribution in [3.63, 3.8) is 0 Å². The molecular weight excluding hydrogens is 313 g/mol. The molecule has 0 bridgehead atoms. The highest BCUT2D eigenvalue weighted by Gasteiger charge is 2.29. The van der Waals surface area contributed by atoms with Crippen LogP contribution in [0.2, 0.25) is 0 Å². The number of halogens is 1. The summed E-state index contributed by atoms with van der Waals surface area (Å²) in [7, 11) is 0. The van der Waals surface area contributed by atoms with Crippen molar-refractivity contribution >= 4 is 28.5 Å². The molecule has 2 unspecified atom stereocenters. The van der Waals surface area contributed by atoms with Crippen LogP contribution in [0.1, 0.15) is 24.2 Å². The molecule has 1 aromatic carbocycles. The molecule has 1 heterocycles. The minimum absolute atomic E-state index is 0.174. The molecule has 16 heavy (non-hydrogen) atoms. The smallest absolute Gasteiger partial charge is 0.253 e. The van der Waals surface area contributed by atoms with Crippen molar-refractivity contribution in [3.8, 4) is 0 Å². The van der Waals surface area contributed by atoms with E-state index in [1.54, 1.807) is 0 Å². The van der Waals surface area contributed by atoms with Gasteiger partial charge >= 0.3 is 0 Å². The number of nitrogens with zero attached hydrogens (tertiary/aromatic N) is 1. The summed E-state index contributed by atoms with van der Waals surface area (Å²) in [5.74, 6) is 1.41. The van der Waals surface area contributed by atoms with E-state index in [1.807, 2.05) is 29.2 Å². The lowest BCUT2D eigenvalue weighted by atomic mass is 10.0. The van der Waals surface area contributed by atoms with E-state index in [4.69, 9.17) is 0 Å². The molecule has 2 rings (SSSR count). The van der Waals surface area contributed by atoms with E-state index in [0.717, 1.165) is 22.2 Å². The molecule has 0 spiro atoms. The molecule has 1 aliphatic heterocycles. The van der Waals surface area contributed by atoms with Crippen LogP contribution >= 0.6 is 22.6 Å². The zero-order valence-corrected chi connectivity index (χ0v) is 11.8. The van der Waals surface area contributed by atoms with Crippen molar-refractivity contribution in [1.82, 2.24) is 4.90 Å². The lowest BCUT2D eigenvalue weighted by molar-refractivity contribution is 0.0785. The Morgan fingerprint density at radius 3 is 2.19 bits per heavy atom. The first-order valence-electron chi connectivity index (χ1n) is 5.63. The van der Waals surface area contributed by atoms with Crippen molar-refractivity contribution in [2.45, 2.75) is 13.8 Å². The molecule has 0 N–H and O–H groups in total. The van der Waals surface area contributed by atoms with Gasteiger partial charge in [0.1, 0.15) is 0 Å². The van der Waals surface area contributed by atoms with Gasteiger partial charge in [-0.2, -0.15) is 0 Å². The van der Waals surface area contributed by atoms with E-state index in [-0.39, 0.29) is 5.91 Å². The van der Waals surface area contributed by atoms with E-state index < -0.39 is 0 Å². The second-order valence-electron chi connectivity index (χ2n) is 4.67. The third-order valence-electron chi connectivity index (χ3n) is 3.37. The molecule has 1 saturated heterocycles. The van der Waals surface area contributed by atoms with Crippen LogP contribution in [0.5, 0.6) is 0 Å². The number of rotatable bonds is 1. The van der Waals surface area contributed by atoms with Crippen LogP contribution in [-0.2, 0) is 0 Å². The van der Waals surface area contributed by atoms with Crippen molar-refractivity contribution in [3.05, 3.63) is 33.4 Å². The molecule has 1 aliphatic rings. The average Bonchev–Trinajstić information content (AvgIpc) is 2.59. The van der Waals surface area contributed by atoms with Gasteiger partial charge < -0.3 is 4.90 Å². The predicted molar refractivity (Wildman–Crippen MR) is 73.4 cm³/mol. The van der Waals surface area contributed by atoms with Crippen molar-refractivity contribution in [1.29, 1.82) is 0 Å². The SMILES string of the molecule is CC1CN(C(=O)c2ccc(I)cc2)CC1C. The van der Waals surface area contributed by atoms with Crippen LogP contribution in [0, 0.1) is 15.4 Å². The highest BCUT2D eigenvalue weighted by Crippen LogP contribution is 2.23. The summed E-state index contributed by atoms with van der Waals surface area (Å²) in [5, 5.41) is 0. The van der Waals surface area contributed by atoms with Crippen LogP contribution < -0.4 is 0 Å².